The third-order valence-corrected chi connectivity index (χ3v) is 5.04. The number of hydrogen-bond donors (Lipinski definition) is 2. The highest BCUT2D eigenvalue weighted by Gasteiger charge is 2.34. The van der Waals surface area contributed by atoms with Gasteiger partial charge in [0, 0.05) is 24.7 Å². The van der Waals surface area contributed by atoms with Gasteiger partial charge in [0.05, 0.1) is 25.2 Å². The van der Waals surface area contributed by atoms with E-state index in [4.69, 9.17) is 26.4 Å². The molecule has 0 radical (unpaired) electrons. The lowest BCUT2D eigenvalue weighted by Crippen LogP contribution is -2.60. The maximum absolute atomic E-state index is 12.9. The molecule has 9 nitrogen and oxygen atoms in total. The van der Waals surface area contributed by atoms with Gasteiger partial charge in [0.2, 0.25) is 5.91 Å². The fraction of sp³-hybridized carbons (Fsp3) is 0.474. The maximum atomic E-state index is 12.9. The first kappa shape index (κ1) is 24.0. The number of carbonyl (C=O) groups excluding carboxylic acids is 3. The number of esters is 1. The van der Waals surface area contributed by atoms with E-state index < -0.39 is 17.9 Å². The zero-order chi connectivity index (χ0) is 22.1. The zero-order valence-corrected chi connectivity index (χ0v) is 19.1. The van der Waals surface area contributed by atoms with Gasteiger partial charge < -0.3 is 24.4 Å². The molecule has 11 heteroatoms. The van der Waals surface area contributed by atoms with E-state index in [0.717, 1.165) is 0 Å². The molecule has 0 saturated carbocycles. The summed E-state index contributed by atoms with van der Waals surface area (Å²) in [7, 11) is 1.55. The van der Waals surface area contributed by atoms with Crippen molar-refractivity contribution >= 4 is 51.0 Å². The highest BCUT2D eigenvalue weighted by atomic mass is 79.9. The second-order valence-corrected chi connectivity index (χ2v) is 7.55. The normalized spacial score (nSPS) is 15.9. The first-order valence-electron chi connectivity index (χ1n) is 9.34. The Balaban J connectivity index is 2.13. The van der Waals surface area contributed by atoms with Gasteiger partial charge in [-0.05, 0) is 37.3 Å². The molecule has 1 fully saturated rings. The number of thiocarbonyl (C=S) groups is 1. The summed E-state index contributed by atoms with van der Waals surface area (Å²) in [6, 6.07) is 4.17. The largest absolute Gasteiger partial charge is 0.490 e. The molecule has 2 rings (SSSR count). The molecule has 1 atom stereocenters. The van der Waals surface area contributed by atoms with E-state index in [0.29, 0.717) is 29.9 Å². The fourth-order valence-electron chi connectivity index (χ4n) is 2.82. The van der Waals surface area contributed by atoms with Crippen LogP contribution in [-0.2, 0) is 19.1 Å². The van der Waals surface area contributed by atoms with E-state index >= 15 is 0 Å². The van der Waals surface area contributed by atoms with Gasteiger partial charge in [0.15, 0.2) is 5.11 Å². The predicted molar refractivity (Wildman–Crippen MR) is 116 cm³/mol. The molecule has 1 heterocycles. The Morgan fingerprint density at radius 2 is 2.13 bits per heavy atom. The van der Waals surface area contributed by atoms with E-state index in [2.05, 4.69) is 26.6 Å². The predicted octanol–water partition coefficient (Wildman–Crippen LogP) is 1.24. The topological polar surface area (TPSA) is 106 Å². The number of nitrogens with one attached hydrogen (secondary N) is 2. The molecule has 1 aliphatic heterocycles. The molecule has 1 unspecified atom stereocenters. The zero-order valence-electron chi connectivity index (χ0n) is 16.7. The second kappa shape index (κ2) is 11.8. The fourth-order valence-corrected chi connectivity index (χ4v) is 3.49. The lowest BCUT2D eigenvalue weighted by molar-refractivity contribution is -0.147. The molecule has 0 bridgehead atoms. The minimum Gasteiger partial charge on any atom is -0.490 e. The summed E-state index contributed by atoms with van der Waals surface area (Å²) in [5, 5.41) is 5.38. The van der Waals surface area contributed by atoms with Gasteiger partial charge >= 0.3 is 5.97 Å². The van der Waals surface area contributed by atoms with Crippen LogP contribution in [0.15, 0.2) is 22.7 Å². The average Bonchev–Trinajstić information content (AvgIpc) is 2.70. The number of hydrogen-bond acceptors (Lipinski definition) is 7. The van der Waals surface area contributed by atoms with E-state index in [9.17, 15) is 14.4 Å². The molecule has 0 aliphatic carbocycles. The lowest BCUT2D eigenvalue weighted by atomic mass is 10.1. The van der Waals surface area contributed by atoms with Crippen molar-refractivity contribution in [1.29, 1.82) is 0 Å². The summed E-state index contributed by atoms with van der Waals surface area (Å²) < 4.78 is 16.2. The lowest BCUT2D eigenvalue weighted by Gasteiger charge is -2.36. The van der Waals surface area contributed by atoms with Crippen LogP contribution in [0.1, 0.15) is 23.7 Å². The van der Waals surface area contributed by atoms with Crippen molar-refractivity contribution in [3.05, 3.63) is 28.2 Å². The van der Waals surface area contributed by atoms with Crippen LogP contribution in [-0.4, -0.2) is 73.9 Å². The van der Waals surface area contributed by atoms with Gasteiger partial charge in [0.25, 0.3) is 5.91 Å². The summed E-state index contributed by atoms with van der Waals surface area (Å²) >= 11 is 8.71. The Morgan fingerprint density at radius 1 is 1.37 bits per heavy atom. The SMILES string of the molecule is CCOC(=O)CC1C(=O)NCCN1C(=S)NC(=O)c1cc(Br)ccc1OCCOC. The molecule has 1 aliphatic rings. The van der Waals surface area contributed by atoms with E-state index in [1.807, 2.05) is 0 Å². The minimum absolute atomic E-state index is 0.0481. The van der Waals surface area contributed by atoms with Gasteiger partial charge in [0.1, 0.15) is 18.4 Å². The number of piperazine rings is 1. The molecule has 2 amide bonds. The van der Waals surface area contributed by atoms with Crippen molar-refractivity contribution in [1.82, 2.24) is 15.5 Å². The van der Waals surface area contributed by atoms with Crippen molar-refractivity contribution in [2.45, 2.75) is 19.4 Å². The van der Waals surface area contributed by atoms with Crippen LogP contribution < -0.4 is 15.4 Å². The Kier molecular flexibility index (Phi) is 9.47. The maximum Gasteiger partial charge on any atom is 0.308 e. The molecule has 1 saturated heterocycles. The van der Waals surface area contributed by atoms with Crippen LogP contribution in [0.4, 0.5) is 0 Å². The van der Waals surface area contributed by atoms with Crippen molar-refractivity contribution in [3.8, 4) is 5.75 Å². The van der Waals surface area contributed by atoms with Crippen molar-refractivity contribution in [2.24, 2.45) is 0 Å². The molecule has 0 aromatic heterocycles. The van der Waals surface area contributed by atoms with Crippen LogP contribution in [0.2, 0.25) is 0 Å². The smallest absolute Gasteiger partial charge is 0.308 e. The standard InChI is InChI=1S/C19H24BrN3O6S/c1-3-28-16(24)11-14-18(26)21-6-7-23(14)19(30)22-17(25)13-10-12(20)4-5-15(13)29-9-8-27-2/h4-5,10,14H,3,6-9,11H2,1-2H3,(H,21,26)(H,22,25,30). The average molecular weight is 502 g/mol. The number of nitrogens with zero attached hydrogens (tertiary/aromatic N) is 1. The Hall–Kier alpha value is -2.24. The first-order valence-corrected chi connectivity index (χ1v) is 10.5. The monoisotopic (exact) mass is 501 g/mol. The van der Waals surface area contributed by atoms with Gasteiger partial charge in [-0.25, -0.2) is 0 Å². The third-order valence-electron chi connectivity index (χ3n) is 4.21. The van der Waals surface area contributed by atoms with Crippen LogP contribution in [0.5, 0.6) is 5.75 Å². The van der Waals surface area contributed by atoms with E-state index in [1.165, 1.54) is 4.90 Å². The number of amides is 2. The van der Waals surface area contributed by atoms with Crippen molar-refractivity contribution < 1.29 is 28.6 Å². The summed E-state index contributed by atoms with van der Waals surface area (Å²) in [6.07, 6.45) is -0.169. The summed E-state index contributed by atoms with van der Waals surface area (Å²) in [5.74, 6) is -0.985. The highest BCUT2D eigenvalue weighted by molar-refractivity contribution is 9.10. The van der Waals surface area contributed by atoms with Crippen molar-refractivity contribution in [3.63, 3.8) is 0 Å². The van der Waals surface area contributed by atoms with E-state index in [1.54, 1.807) is 32.2 Å². The molecular formula is C19H24BrN3O6S. The summed E-state index contributed by atoms with van der Waals surface area (Å²) in [6.45, 7) is 3.24. The van der Waals surface area contributed by atoms with Gasteiger partial charge in [-0.2, -0.15) is 0 Å². The number of benzene rings is 1. The quantitative estimate of drug-likeness (QED) is 0.311. The van der Waals surface area contributed by atoms with Crippen LogP contribution >= 0.6 is 28.1 Å². The highest BCUT2D eigenvalue weighted by Crippen LogP contribution is 2.23. The Bertz CT molecular complexity index is 806. The third kappa shape index (κ3) is 6.64. The number of methoxy groups -OCH3 is 1. The molecule has 30 heavy (non-hydrogen) atoms. The number of rotatable bonds is 8. The molecule has 1 aromatic carbocycles. The molecular weight excluding hydrogens is 478 g/mol. The van der Waals surface area contributed by atoms with E-state index in [-0.39, 0.29) is 36.2 Å². The number of ether oxygens (including phenoxy) is 3. The molecule has 2 N–H and O–H groups in total. The molecule has 0 spiro atoms. The van der Waals surface area contributed by atoms with Crippen LogP contribution in [0, 0.1) is 0 Å². The van der Waals surface area contributed by atoms with Crippen LogP contribution in [0.25, 0.3) is 0 Å². The van der Waals surface area contributed by atoms with Gasteiger partial charge in [-0.3, -0.25) is 19.7 Å². The van der Waals surface area contributed by atoms with Crippen molar-refractivity contribution in [2.75, 3.05) is 40.0 Å². The van der Waals surface area contributed by atoms with Gasteiger partial charge in [-0.15, -0.1) is 0 Å². The molecule has 164 valence electrons. The summed E-state index contributed by atoms with van der Waals surface area (Å²) in [5.41, 5.74) is 0.270. The Labute approximate surface area is 188 Å². The first-order chi connectivity index (χ1) is 14.4. The number of halogens is 1. The van der Waals surface area contributed by atoms with Crippen LogP contribution in [0.3, 0.4) is 0 Å². The van der Waals surface area contributed by atoms with Gasteiger partial charge in [-0.1, -0.05) is 15.9 Å². The molecule has 1 aromatic rings. The number of carbonyl (C=O) groups is 3. The second-order valence-electron chi connectivity index (χ2n) is 6.25. The Morgan fingerprint density at radius 3 is 2.83 bits per heavy atom. The minimum atomic E-state index is -0.856. The summed E-state index contributed by atoms with van der Waals surface area (Å²) in [4.78, 5) is 38.6.